The van der Waals surface area contributed by atoms with Gasteiger partial charge in [-0.15, -0.1) is 0 Å². The molecule has 0 aliphatic carbocycles. The van der Waals surface area contributed by atoms with E-state index in [4.69, 9.17) is 4.74 Å². The lowest BCUT2D eigenvalue weighted by molar-refractivity contribution is -0.148. The first-order valence-electron chi connectivity index (χ1n) is 8.57. The summed E-state index contributed by atoms with van der Waals surface area (Å²) in [5, 5.41) is 0. The molecule has 0 aromatic rings. The van der Waals surface area contributed by atoms with Crippen LogP contribution >= 0.6 is 0 Å². The second kappa shape index (κ2) is 13.4. The van der Waals surface area contributed by atoms with Gasteiger partial charge in [0.2, 0.25) is 0 Å². The van der Waals surface area contributed by atoms with E-state index < -0.39 is 0 Å². The van der Waals surface area contributed by atoms with Crippen LogP contribution < -0.4 is 0 Å². The van der Waals surface area contributed by atoms with Crippen LogP contribution in [0.3, 0.4) is 0 Å². The Bertz CT molecular complexity index is 219. The molecule has 0 saturated carbocycles. The summed E-state index contributed by atoms with van der Waals surface area (Å²) in [6, 6.07) is -0.0989. The van der Waals surface area contributed by atoms with E-state index in [0.29, 0.717) is 6.61 Å². The number of esters is 1. The van der Waals surface area contributed by atoms with Crippen LogP contribution in [0.2, 0.25) is 0 Å². The molecule has 0 rings (SSSR count). The normalized spacial score (nSPS) is 12.7. The van der Waals surface area contributed by atoms with Gasteiger partial charge in [-0.2, -0.15) is 0 Å². The average Bonchev–Trinajstić information content (AvgIpc) is 2.45. The van der Waals surface area contributed by atoms with Gasteiger partial charge in [-0.1, -0.05) is 52.4 Å². The summed E-state index contributed by atoms with van der Waals surface area (Å²) in [5.41, 5.74) is 0. The third-order valence-corrected chi connectivity index (χ3v) is 3.77. The molecule has 20 heavy (non-hydrogen) atoms. The predicted octanol–water partition coefficient (Wildman–Crippen LogP) is 4.40. The highest BCUT2D eigenvalue weighted by Gasteiger charge is 2.21. The SMILES string of the molecule is CCCCCCN(CCCCCC)C(C)C(=O)OCC. The van der Waals surface area contributed by atoms with E-state index in [-0.39, 0.29) is 12.0 Å². The van der Waals surface area contributed by atoms with E-state index >= 15 is 0 Å². The van der Waals surface area contributed by atoms with E-state index in [1.807, 2.05) is 13.8 Å². The number of hydrogen-bond acceptors (Lipinski definition) is 3. The second-order valence-corrected chi connectivity index (χ2v) is 5.59. The van der Waals surface area contributed by atoms with Crippen LogP contribution in [0, 0.1) is 0 Å². The summed E-state index contributed by atoms with van der Waals surface area (Å²) < 4.78 is 5.16. The first-order valence-corrected chi connectivity index (χ1v) is 8.57. The van der Waals surface area contributed by atoms with Crippen LogP contribution in [0.25, 0.3) is 0 Å². The molecule has 0 spiro atoms. The maximum absolute atomic E-state index is 11.9. The van der Waals surface area contributed by atoms with Crippen molar-refractivity contribution < 1.29 is 9.53 Å². The summed E-state index contributed by atoms with van der Waals surface area (Å²) >= 11 is 0. The molecule has 0 saturated heterocycles. The van der Waals surface area contributed by atoms with Crippen LogP contribution in [0.15, 0.2) is 0 Å². The van der Waals surface area contributed by atoms with Crippen molar-refractivity contribution in [1.29, 1.82) is 0 Å². The number of unbranched alkanes of at least 4 members (excludes halogenated alkanes) is 6. The van der Waals surface area contributed by atoms with E-state index in [9.17, 15) is 4.79 Å². The Morgan fingerprint density at radius 3 is 1.80 bits per heavy atom. The molecule has 0 radical (unpaired) electrons. The van der Waals surface area contributed by atoms with Gasteiger partial charge in [0.1, 0.15) is 6.04 Å². The highest BCUT2D eigenvalue weighted by Crippen LogP contribution is 2.10. The molecule has 0 heterocycles. The lowest BCUT2D eigenvalue weighted by Crippen LogP contribution is -2.41. The number of rotatable bonds is 13. The van der Waals surface area contributed by atoms with Crippen LogP contribution in [-0.4, -0.2) is 36.6 Å². The van der Waals surface area contributed by atoms with Gasteiger partial charge in [0, 0.05) is 0 Å². The highest BCUT2D eigenvalue weighted by atomic mass is 16.5. The minimum Gasteiger partial charge on any atom is -0.465 e. The van der Waals surface area contributed by atoms with E-state index in [2.05, 4.69) is 18.7 Å². The molecule has 3 heteroatoms. The molecule has 0 amide bonds. The topological polar surface area (TPSA) is 29.5 Å². The summed E-state index contributed by atoms with van der Waals surface area (Å²) in [7, 11) is 0. The third kappa shape index (κ3) is 9.35. The van der Waals surface area contributed by atoms with Crippen molar-refractivity contribution in [3.63, 3.8) is 0 Å². The summed E-state index contributed by atoms with van der Waals surface area (Å²) in [4.78, 5) is 14.2. The van der Waals surface area contributed by atoms with Crippen molar-refractivity contribution in [2.75, 3.05) is 19.7 Å². The molecular weight excluding hydrogens is 250 g/mol. The maximum Gasteiger partial charge on any atom is 0.323 e. The Kier molecular flexibility index (Phi) is 13.0. The van der Waals surface area contributed by atoms with Gasteiger partial charge in [0.15, 0.2) is 0 Å². The number of carbonyl (C=O) groups excluding carboxylic acids is 1. The quantitative estimate of drug-likeness (QED) is 0.371. The van der Waals surface area contributed by atoms with Gasteiger partial charge < -0.3 is 4.74 Å². The van der Waals surface area contributed by atoms with Gasteiger partial charge in [0.25, 0.3) is 0 Å². The third-order valence-electron chi connectivity index (χ3n) is 3.77. The lowest BCUT2D eigenvalue weighted by atomic mass is 10.1. The first kappa shape index (κ1) is 19.4. The molecular formula is C17H35NO2. The number of nitrogens with zero attached hydrogens (tertiary/aromatic N) is 1. The zero-order valence-corrected chi connectivity index (χ0v) is 14.1. The average molecular weight is 285 g/mol. The van der Waals surface area contributed by atoms with Crippen LogP contribution in [0.1, 0.15) is 79.1 Å². The Balaban J connectivity index is 4.17. The van der Waals surface area contributed by atoms with Crippen LogP contribution in [-0.2, 0) is 9.53 Å². The molecule has 0 bridgehead atoms. The van der Waals surface area contributed by atoms with E-state index in [1.54, 1.807) is 0 Å². The molecule has 3 nitrogen and oxygen atoms in total. The highest BCUT2D eigenvalue weighted by molar-refractivity contribution is 5.75. The molecule has 0 fully saturated rings. The fraction of sp³-hybridized carbons (Fsp3) is 0.941. The number of ether oxygens (including phenoxy) is 1. The molecule has 0 aliphatic heterocycles. The van der Waals surface area contributed by atoms with Crippen molar-refractivity contribution in [3.8, 4) is 0 Å². The Hall–Kier alpha value is -0.570. The Morgan fingerprint density at radius 1 is 0.900 bits per heavy atom. The van der Waals surface area contributed by atoms with Crippen molar-refractivity contribution in [2.45, 2.75) is 85.1 Å². The molecule has 0 aliphatic rings. The van der Waals surface area contributed by atoms with E-state index in [0.717, 1.165) is 13.1 Å². The Labute approximate surface area is 126 Å². The van der Waals surface area contributed by atoms with Crippen molar-refractivity contribution in [2.24, 2.45) is 0 Å². The minimum absolute atomic E-state index is 0.0708. The van der Waals surface area contributed by atoms with Gasteiger partial charge in [-0.25, -0.2) is 0 Å². The van der Waals surface area contributed by atoms with Crippen molar-refractivity contribution in [1.82, 2.24) is 4.90 Å². The fourth-order valence-electron chi connectivity index (χ4n) is 2.39. The van der Waals surface area contributed by atoms with Gasteiger partial charge in [0.05, 0.1) is 6.61 Å². The van der Waals surface area contributed by atoms with Crippen LogP contribution in [0.5, 0.6) is 0 Å². The van der Waals surface area contributed by atoms with Gasteiger partial charge in [-0.05, 0) is 39.8 Å². The molecule has 0 aromatic carbocycles. The largest absolute Gasteiger partial charge is 0.465 e. The lowest BCUT2D eigenvalue weighted by Gasteiger charge is -2.27. The standard InChI is InChI=1S/C17H35NO2/c1-5-8-10-12-14-18(15-13-11-9-6-2)16(4)17(19)20-7-3/h16H,5-15H2,1-4H3. The zero-order valence-electron chi connectivity index (χ0n) is 14.1. The fourth-order valence-corrected chi connectivity index (χ4v) is 2.39. The monoisotopic (exact) mass is 285 g/mol. The predicted molar refractivity (Wildman–Crippen MR) is 86.0 cm³/mol. The van der Waals surface area contributed by atoms with Gasteiger partial charge in [-0.3, -0.25) is 9.69 Å². The molecule has 1 atom stereocenters. The maximum atomic E-state index is 11.9. The summed E-state index contributed by atoms with van der Waals surface area (Å²) in [5.74, 6) is -0.0708. The van der Waals surface area contributed by atoms with Crippen LogP contribution in [0.4, 0.5) is 0 Å². The first-order chi connectivity index (χ1) is 9.67. The summed E-state index contributed by atoms with van der Waals surface area (Å²) in [6.45, 7) is 10.8. The minimum atomic E-state index is -0.0989. The van der Waals surface area contributed by atoms with Gasteiger partial charge >= 0.3 is 5.97 Å². The number of hydrogen-bond donors (Lipinski definition) is 0. The van der Waals surface area contributed by atoms with Crippen molar-refractivity contribution in [3.05, 3.63) is 0 Å². The van der Waals surface area contributed by atoms with E-state index in [1.165, 1.54) is 51.4 Å². The zero-order chi connectivity index (χ0) is 15.2. The molecule has 1 unspecified atom stereocenters. The second-order valence-electron chi connectivity index (χ2n) is 5.59. The molecule has 0 aromatic heterocycles. The smallest absolute Gasteiger partial charge is 0.323 e. The van der Waals surface area contributed by atoms with Crippen molar-refractivity contribution >= 4 is 5.97 Å². The molecule has 0 N–H and O–H groups in total. The molecule has 120 valence electrons. The Morgan fingerprint density at radius 2 is 1.40 bits per heavy atom. The summed E-state index contributed by atoms with van der Waals surface area (Å²) in [6.07, 6.45) is 9.98. The number of carbonyl (C=O) groups is 1.